The van der Waals surface area contributed by atoms with E-state index in [0.29, 0.717) is 74.1 Å². The molecule has 208 valence electrons. The fourth-order valence-electron chi connectivity index (χ4n) is 5.01. The molecule has 0 spiro atoms. The summed E-state index contributed by atoms with van der Waals surface area (Å²) in [5, 5.41) is 0. The number of amides is 1. The Balaban J connectivity index is 1.30. The standard InChI is InChI=1S/C28H28F2N6O4/c1-38-19-8-6-18(7-9-19)27(37)35-11-10-20(17-35)40-24-16-23(32-28(33-24)34-12-14-39-15-13-34)36-22-5-3-2-4-21(22)31-26(36)25(29)30/h2-9,16,20,25H,10-15,17H2,1H3/t20-/m0/s1. The van der Waals surface area contributed by atoms with E-state index in [4.69, 9.17) is 14.2 Å². The molecule has 0 bridgehead atoms. The van der Waals surface area contributed by atoms with Crippen molar-refractivity contribution in [3.05, 3.63) is 66.0 Å². The van der Waals surface area contributed by atoms with E-state index in [1.165, 1.54) is 4.57 Å². The largest absolute Gasteiger partial charge is 0.497 e. The Kier molecular flexibility index (Phi) is 7.16. The summed E-state index contributed by atoms with van der Waals surface area (Å²) in [5.74, 6) is 1.01. The molecule has 2 aromatic carbocycles. The number of morpholine rings is 1. The Labute approximate surface area is 229 Å². The second-order valence-corrected chi connectivity index (χ2v) is 9.57. The van der Waals surface area contributed by atoms with E-state index in [2.05, 4.69) is 15.0 Å². The van der Waals surface area contributed by atoms with Gasteiger partial charge in [-0.15, -0.1) is 0 Å². The highest BCUT2D eigenvalue weighted by Crippen LogP contribution is 2.30. The summed E-state index contributed by atoms with van der Waals surface area (Å²) in [4.78, 5) is 30.2. The first-order valence-electron chi connectivity index (χ1n) is 13.1. The van der Waals surface area contributed by atoms with Crippen LogP contribution in [0.15, 0.2) is 54.6 Å². The van der Waals surface area contributed by atoms with Gasteiger partial charge in [-0.3, -0.25) is 9.36 Å². The average Bonchev–Trinajstić information content (AvgIpc) is 3.62. The number of likely N-dealkylation sites (tertiary alicyclic amines) is 1. The van der Waals surface area contributed by atoms with E-state index in [1.54, 1.807) is 66.6 Å². The van der Waals surface area contributed by atoms with Crippen LogP contribution in [0.3, 0.4) is 0 Å². The van der Waals surface area contributed by atoms with Gasteiger partial charge in [0.1, 0.15) is 17.7 Å². The molecule has 1 amide bonds. The third-order valence-electron chi connectivity index (χ3n) is 7.04. The minimum atomic E-state index is -2.81. The Morgan fingerprint density at radius 3 is 2.55 bits per heavy atom. The lowest BCUT2D eigenvalue weighted by Crippen LogP contribution is -2.37. The topological polar surface area (TPSA) is 94.8 Å². The Hall–Kier alpha value is -4.32. The van der Waals surface area contributed by atoms with Gasteiger partial charge < -0.3 is 24.0 Å². The summed E-state index contributed by atoms with van der Waals surface area (Å²) in [6.45, 7) is 3.01. The summed E-state index contributed by atoms with van der Waals surface area (Å²) in [7, 11) is 1.58. The molecule has 2 saturated heterocycles. The average molecular weight is 551 g/mol. The van der Waals surface area contributed by atoms with E-state index in [0.717, 1.165) is 0 Å². The molecule has 6 rings (SSSR count). The van der Waals surface area contributed by atoms with Gasteiger partial charge in [-0.05, 0) is 36.4 Å². The third-order valence-corrected chi connectivity index (χ3v) is 7.04. The summed E-state index contributed by atoms with van der Waals surface area (Å²) < 4.78 is 46.5. The molecule has 10 nitrogen and oxygen atoms in total. The maximum absolute atomic E-state index is 14.1. The number of imidazole rings is 1. The van der Waals surface area contributed by atoms with Gasteiger partial charge in [0, 0.05) is 37.7 Å². The number of ether oxygens (including phenoxy) is 3. The van der Waals surface area contributed by atoms with Gasteiger partial charge >= 0.3 is 0 Å². The van der Waals surface area contributed by atoms with Crippen molar-refractivity contribution in [3.63, 3.8) is 0 Å². The number of para-hydroxylation sites is 2. The number of carbonyl (C=O) groups excluding carboxylic acids is 1. The zero-order valence-corrected chi connectivity index (χ0v) is 21.9. The second-order valence-electron chi connectivity index (χ2n) is 9.57. The maximum Gasteiger partial charge on any atom is 0.296 e. The van der Waals surface area contributed by atoms with E-state index >= 15 is 0 Å². The molecule has 2 aliphatic rings. The van der Waals surface area contributed by atoms with Gasteiger partial charge in [-0.2, -0.15) is 9.97 Å². The lowest BCUT2D eigenvalue weighted by Gasteiger charge is -2.27. The second kappa shape index (κ2) is 11.0. The van der Waals surface area contributed by atoms with Crippen LogP contribution in [-0.2, 0) is 4.74 Å². The smallest absolute Gasteiger partial charge is 0.296 e. The molecule has 0 radical (unpaired) electrons. The number of nitrogens with zero attached hydrogens (tertiary/aromatic N) is 6. The summed E-state index contributed by atoms with van der Waals surface area (Å²) in [5.41, 5.74) is 1.51. The molecule has 0 N–H and O–H groups in total. The van der Waals surface area contributed by atoms with Crippen LogP contribution < -0.4 is 14.4 Å². The molecule has 0 aliphatic carbocycles. The monoisotopic (exact) mass is 550 g/mol. The number of benzene rings is 2. The van der Waals surface area contributed by atoms with Crippen molar-refractivity contribution in [2.75, 3.05) is 51.4 Å². The zero-order chi connectivity index (χ0) is 27.6. The van der Waals surface area contributed by atoms with E-state index < -0.39 is 12.2 Å². The molecule has 0 saturated carbocycles. The number of anilines is 1. The summed E-state index contributed by atoms with van der Waals surface area (Å²) in [6.07, 6.45) is -2.53. The SMILES string of the molecule is COc1ccc(C(=O)N2CC[C@H](Oc3cc(-n4c(C(F)F)nc5ccccc54)nc(N4CCOCC4)n3)C2)cc1. The van der Waals surface area contributed by atoms with E-state index in [9.17, 15) is 13.6 Å². The van der Waals surface area contributed by atoms with Crippen LogP contribution in [0.1, 0.15) is 29.0 Å². The van der Waals surface area contributed by atoms with Crippen molar-refractivity contribution < 1.29 is 27.8 Å². The van der Waals surface area contributed by atoms with Crippen molar-refractivity contribution in [1.29, 1.82) is 0 Å². The van der Waals surface area contributed by atoms with Crippen LogP contribution in [0.4, 0.5) is 14.7 Å². The third kappa shape index (κ3) is 5.14. The molecule has 2 fully saturated rings. The highest BCUT2D eigenvalue weighted by molar-refractivity contribution is 5.94. The van der Waals surface area contributed by atoms with Gasteiger partial charge in [-0.25, -0.2) is 13.8 Å². The van der Waals surface area contributed by atoms with Gasteiger partial charge in [-0.1, -0.05) is 12.1 Å². The lowest BCUT2D eigenvalue weighted by molar-refractivity contribution is 0.0771. The minimum absolute atomic E-state index is 0.0994. The number of halogens is 2. The highest BCUT2D eigenvalue weighted by Gasteiger charge is 2.30. The molecular formula is C28H28F2N6O4. The number of fused-ring (bicyclic) bond motifs is 1. The maximum atomic E-state index is 14.1. The Bertz CT molecular complexity index is 1510. The van der Waals surface area contributed by atoms with Gasteiger partial charge in [0.25, 0.3) is 12.3 Å². The molecule has 12 heteroatoms. The van der Waals surface area contributed by atoms with Gasteiger partial charge in [0.15, 0.2) is 5.82 Å². The molecule has 40 heavy (non-hydrogen) atoms. The number of rotatable bonds is 7. The molecule has 2 aromatic heterocycles. The molecule has 0 unspecified atom stereocenters. The number of carbonyl (C=O) groups is 1. The fraction of sp³-hybridized carbons (Fsp3) is 0.357. The van der Waals surface area contributed by atoms with Crippen molar-refractivity contribution in [2.45, 2.75) is 19.0 Å². The Morgan fingerprint density at radius 2 is 1.80 bits per heavy atom. The minimum Gasteiger partial charge on any atom is -0.497 e. The van der Waals surface area contributed by atoms with Crippen LogP contribution in [0.25, 0.3) is 16.9 Å². The predicted octanol–water partition coefficient (Wildman–Crippen LogP) is 3.89. The molecule has 4 heterocycles. The first kappa shape index (κ1) is 25.9. The van der Waals surface area contributed by atoms with Crippen molar-refractivity contribution in [2.24, 2.45) is 0 Å². The van der Waals surface area contributed by atoms with E-state index in [1.807, 2.05) is 4.90 Å². The van der Waals surface area contributed by atoms with Crippen LogP contribution in [0, 0.1) is 0 Å². The predicted molar refractivity (Wildman–Crippen MR) is 143 cm³/mol. The molecule has 4 aromatic rings. The summed E-state index contributed by atoms with van der Waals surface area (Å²) in [6, 6.07) is 15.5. The summed E-state index contributed by atoms with van der Waals surface area (Å²) >= 11 is 0. The van der Waals surface area contributed by atoms with Crippen molar-refractivity contribution in [1.82, 2.24) is 24.4 Å². The zero-order valence-electron chi connectivity index (χ0n) is 21.9. The molecular weight excluding hydrogens is 522 g/mol. The number of hydrogen-bond acceptors (Lipinski definition) is 8. The van der Waals surface area contributed by atoms with E-state index in [-0.39, 0.29) is 23.7 Å². The molecule has 2 aliphatic heterocycles. The van der Waals surface area contributed by atoms with Crippen LogP contribution >= 0.6 is 0 Å². The number of hydrogen-bond donors (Lipinski definition) is 0. The van der Waals surface area contributed by atoms with Crippen molar-refractivity contribution >= 4 is 22.9 Å². The lowest BCUT2D eigenvalue weighted by atomic mass is 10.2. The first-order chi connectivity index (χ1) is 19.5. The van der Waals surface area contributed by atoms with Gasteiger partial charge in [0.05, 0.1) is 37.9 Å². The van der Waals surface area contributed by atoms with Crippen LogP contribution in [0.5, 0.6) is 11.6 Å². The number of aromatic nitrogens is 4. The molecule has 1 atom stereocenters. The van der Waals surface area contributed by atoms with Crippen molar-refractivity contribution in [3.8, 4) is 17.4 Å². The van der Waals surface area contributed by atoms with Gasteiger partial charge in [0.2, 0.25) is 11.8 Å². The first-order valence-corrected chi connectivity index (χ1v) is 13.1. The number of methoxy groups -OCH3 is 1. The quantitative estimate of drug-likeness (QED) is 0.342. The Morgan fingerprint density at radius 1 is 1.02 bits per heavy atom. The number of alkyl halides is 2. The fourth-order valence-corrected chi connectivity index (χ4v) is 5.01. The highest BCUT2D eigenvalue weighted by atomic mass is 19.3. The van der Waals surface area contributed by atoms with Crippen LogP contribution in [0.2, 0.25) is 0 Å². The normalized spacial score (nSPS) is 17.6. The van der Waals surface area contributed by atoms with Crippen LogP contribution in [-0.4, -0.2) is 82.9 Å².